The van der Waals surface area contributed by atoms with Crippen molar-refractivity contribution in [2.45, 2.75) is 31.2 Å². The van der Waals surface area contributed by atoms with E-state index >= 15 is 0 Å². The van der Waals surface area contributed by atoms with Crippen LogP contribution < -0.4 is 15.8 Å². The average Bonchev–Trinajstić information content (AvgIpc) is 2.61. The van der Waals surface area contributed by atoms with E-state index in [2.05, 4.69) is 53.7 Å². The third-order valence-electron chi connectivity index (χ3n) is 4.10. The van der Waals surface area contributed by atoms with Gasteiger partial charge in [-0.2, -0.15) is 0 Å². The summed E-state index contributed by atoms with van der Waals surface area (Å²) < 4.78 is 22.9. The van der Waals surface area contributed by atoms with Crippen molar-refractivity contribution in [3.63, 3.8) is 0 Å². The second-order valence-electron chi connectivity index (χ2n) is 6.31. The van der Waals surface area contributed by atoms with Gasteiger partial charge in [-0.25, -0.2) is 13.6 Å². The SMILES string of the molecule is CN=C(NCc1cccc(S(N)(=O)=O)c1)NCC(C)c1cccc(C)c1.I. The second kappa shape index (κ2) is 10.6. The lowest BCUT2D eigenvalue weighted by Crippen LogP contribution is -2.38. The molecule has 148 valence electrons. The molecule has 4 N–H and O–H groups in total. The Kier molecular flexibility index (Phi) is 9.20. The number of guanidine groups is 1. The number of hydrogen-bond donors (Lipinski definition) is 3. The minimum Gasteiger partial charge on any atom is -0.356 e. The molecule has 0 aliphatic rings. The van der Waals surface area contributed by atoms with Crippen LogP contribution in [0.15, 0.2) is 58.4 Å². The number of primary sulfonamides is 1. The van der Waals surface area contributed by atoms with E-state index in [0.717, 1.165) is 12.1 Å². The molecule has 1 unspecified atom stereocenters. The number of sulfonamides is 1. The van der Waals surface area contributed by atoms with Crippen molar-refractivity contribution in [3.05, 3.63) is 65.2 Å². The zero-order valence-electron chi connectivity index (χ0n) is 15.8. The topological polar surface area (TPSA) is 96.6 Å². The lowest BCUT2D eigenvalue weighted by atomic mass is 9.99. The number of aryl methyl sites for hydroxylation is 1. The van der Waals surface area contributed by atoms with Crippen LogP contribution in [0.5, 0.6) is 0 Å². The number of nitrogens with one attached hydrogen (secondary N) is 2. The van der Waals surface area contributed by atoms with E-state index in [1.807, 2.05) is 6.07 Å². The van der Waals surface area contributed by atoms with Crippen LogP contribution in [0.3, 0.4) is 0 Å². The summed E-state index contributed by atoms with van der Waals surface area (Å²) in [5, 5.41) is 11.7. The van der Waals surface area contributed by atoms with Gasteiger partial charge in [0, 0.05) is 20.1 Å². The molecular formula is C19H27IN4O2S. The maximum Gasteiger partial charge on any atom is 0.238 e. The van der Waals surface area contributed by atoms with Gasteiger partial charge in [0.15, 0.2) is 5.96 Å². The second-order valence-corrected chi connectivity index (χ2v) is 7.88. The monoisotopic (exact) mass is 502 g/mol. The molecule has 0 aliphatic heterocycles. The minimum absolute atomic E-state index is 0. The standard InChI is InChI=1S/C19H26N4O2S.HI/c1-14-6-4-8-17(10-14)15(2)12-22-19(21-3)23-13-16-7-5-9-18(11-16)26(20,24)25;/h4-11,15H,12-13H2,1-3H3,(H2,20,24,25)(H2,21,22,23);1H. The molecule has 0 amide bonds. The molecule has 27 heavy (non-hydrogen) atoms. The van der Waals surface area contributed by atoms with Gasteiger partial charge in [-0.3, -0.25) is 4.99 Å². The Bertz CT molecular complexity index is 885. The Hall–Kier alpha value is -1.65. The lowest BCUT2D eigenvalue weighted by Gasteiger charge is -2.17. The summed E-state index contributed by atoms with van der Waals surface area (Å²) in [6.07, 6.45) is 0. The molecule has 1 atom stereocenters. The molecule has 6 nitrogen and oxygen atoms in total. The van der Waals surface area contributed by atoms with E-state index in [1.165, 1.54) is 17.2 Å². The zero-order valence-corrected chi connectivity index (χ0v) is 18.9. The number of halogens is 1. The summed E-state index contributed by atoms with van der Waals surface area (Å²) in [7, 11) is -2.00. The molecular weight excluding hydrogens is 475 g/mol. The quantitative estimate of drug-likeness (QED) is 0.322. The van der Waals surface area contributed by atoms with E-state index < -0.39 is 10.0 Å². The molecule has 0 fully saturated rings. The summed E-state index contributed by atoms with van der Waals surface area (Å²) in [5.74, 6) is 0.990. The van der Waals surface area contributed by atoms with Crippen LogP contribution in [0.1, 0.15) is 29.5 Å². The fourth-order valence-electron chi connectivity index (χ4n) is 2.58. The van der Waals surface area contributed by atoms with Crippen molar-refractivity contribution in [1.82, 2.24) is 10.6 Å². The summed E-state index contributed by atoms with van der Waals surface area (Å²) in [6.45, 7) is 5.42. The van der Waals surface area contributed by atoms with Gasteiger partial charge in [-0.1, -0.05) is 48.9 Å². The van der Waals surface area contributed by atoms with Gasteiger partial charge in [0.05, 0.1) is 4.90 Å². The molecule has 2 aromatic rings. The van der Waals surface area contributed by atoms with Crippen LogP contribution in [0.2, 0.25) is 0 Å². The molecule has 2 rings (SSSR count). The molecule has 0 saturated heterocycles. The molecule has 2 aromatic carbocycles. The fraction of sp³-hybridized carbons (Fsp3) is 0.316. The van der Waals surface area contributed by atoms with Crippen molar-refractivity contribution in [3.8, 4) is 0 Å². The van der Waals surface area contributed by atoms with Gasteiger partial charge in [0.2, 0.25) is 10.0 Å². The van der Waals surface area contributed by atoms with Gasteiger partial charge in [-0.05, 0) is 36.1 Å². The van der Waals surface area contributed by atoms with E-state index in [0.29, 0.717) is 18.4 Å². The van der Waals surface area contributed by atoms with Crippen molar-refractivity contribution >= 4 is 40.0 Å². The summed E-state index contributed by atoms with van der Waals surface area (Å²) >= 11 is 0. The Morgan fingerprint density at radius 1 is 1.15 bits per heavy atom. The van der Waals surface area contributed by atoms with Crippen molar-refractivity contribution < 1.29 is 8.42 Å². The largest absolute Gasteiger partial charge is 0.356 e. The van der Waals surface area contributed by atoms with E-state index in [9.17, 15) is 8.42 Å². The van der Waals surface area contributed by atoms with Crippen LogP contribution in [0, 0.1) is 6.92 Å². The molecule has 0 bridgehead atoms. The van der Waals surface area contributed by atoms with E-state index in [4.69, 9.17) is 5.14 Å². The number of nitrogens with zero attached hydrogens (tertiary/aromatic N) is 1. The van der Waals surface area contributed by atoms with Crippen molar-refractivity contribution in [2.75, 3.05) is 13.6 Å². The molecule has 8 heteroatoms. The number of rotatable bonds is 6. The maximum atomic E-state index is 11.4. The van der Waals surface area contributed by atoms with Gasteiger partial charge in [0.25, 0.3) is 0 Å². The van der Waals surface area contributed by atoms with Crippen LogP contribution >= 0.6 is 24.0 Å². The first-order valence-electron chi connectivity index (χ1n) is 8.42. The van der Waals surface area contributed by atoms with E-state index in [-0.39, 0.29) is 28.9 Å². The predicted octanol–water partition coefficient (Wildman–Crippen LogP) is 2.73. The highest BCUT2D eigenvalue weighted by Gasteiger charge is 2.09. The van der Waals surface area contributed by atoms with Crippen molar-refractivity contribution in [1.29, 1.82) is 0 Å². The molecule has 0 saturated carbocycles. The molecule has 0 radical (unpaired) electrons. The molecule has 0 aromatic heterocycles. The Morgan fingerprint density at radius 3 is 2.48 bits per heavy atom. The van der Waals surface area contributed by atoms with Crippen LogP contribution in [-0.2, 0) is 16.6 Å². The van der Waals surface area contributed by atoms with Gasteiger partial charge in [-0.15, -0.1) is 24.0 Å². The number of hydrogen-bond acceptors (Lipinski definition) is 3. The van der Waals surface area contributed by atoms with Crippen molar-refractivity contribution in [2.24, 2.45) is 10.1 Å². The highest BCUT2D eigenvalue weighted by atomic mass is 127. The Labute approximate surface area is 178 Å². The smallest absolute Gasteiger partial charge is 0.238 e. The lowest BCUT2D eigenvalue weighted by molar-refractivity contribution is 0.597. The average molecular weight is 502 g/mol. The highest BCUT2D eigenvalue weighted by molar-refractivity contribution is 14.0. The van der Waals surface area contributed by atoms with Crippen LogP contribution in [-0.4, -0.2) is 28.0 Å². The van der Waals surface area contributed by atoms with E-state index in [1.54, 1.807) is 19.2 Å². The van der Waals surface area contributed by atoms with Crippen LogP contribution in [0.25, 0.3) is 0 Å². The normalized spacial score (nSPS) is 12.8. The third-order valence-corrected chi connectivity index (χ3v) is 5.01. The minimum atomic E-state index is -3.70. The van der Waals surface area contributed by atoms with Gasteiger partial charge in [0.1, 0.15) is 0 Å². The number of benzene rings is 2. The summed E-state index contributed by atoms with van der Waals surface area (Å²) in [4.78, 5) is 4.31. The van der Waals surface area contributed by atoms with Gasteiger partial charge >= 0.3 is 0 Å². The fourth-order valence-corrected chi connectivity index (χ4v) is 3.17. The van der Waals surface area contributed by atoms with Gasteiger partial charge < -0.3 is 10.6 Å². The highest BCUT2D eigenvalue weighted by Crippen LogP contribution is 2.15. The first-order chi connectivity index (χ1) is 12.3. The number of nitrogens with two attached hydrogens (primary N) is 1. The summed E-state index contributed by atoms with van der Waals surface area (Å²) in [6, 6.07) is 15.0. The third kappa shape index (κ3) is 7.47. The molecule has 0 heterocycles. The number of aliphatic imine (C=N–C) groups is 1. The maximum absolute atomic E-state index is 11.4. The first kappa shape index (κ1) is 23.4. The molecule has 0 spiro atoms. The molecule has 0 aliphatic carbocycles. The van der Waals surface area contributed by atoms with Crippen LogP contribution in [0.4, 0.5) is 0 Å². The first-order valence-corrected chi connectivity index (χ1v) is 9.97. The Morgan fingerprint density at radius 2 is 1.85 bits per heavy atom. The predicted molar refractivity (Wildman–Crippen MR) is 121 cm³/mol. The summed E-state index contributed by atoms with van der Waals surface area (Å²) in [5.41, 5.74) is 3.33. The Balaban J connectivity index is 0.00000364. The zero-order chi connectivity index (χ0) is 19.2.